The number of hydrogen-bond acceptors (Lipinski definition) is 5. The molecule has 2 aromatic rings. The summed E-state index contributed by atoms with van der Waals surface area (Å²) in [6, 6.07) is 5.55. The molecule has 0 atom stereocenters. The third-order valence-corrected chi connectivity index (χ3v) is 9.66. The van der Waals surface area contributed by atoms with Crippen LogP contribution in [0.15, 0.2) is 24.4 Å². The van der Waals surface area contributed by atoms with E-state index in [1.807, 2.05) is 18.2 Å². The van der Waals surface area contributed by atoms with Crippen molar-refractivity contribution in [2.24, 2.45) is 23.5 Å². The number of likely N-dealkylation sites (tertiary alicyclic amines) is 1. The largest absolute Gasteiger partial charge is 0.363 e. The second kappa shape index (κ2) is 7.29. The summed E-state index contributed by atoms with van der Waals surface area (Å²) in [6.45, 7) is 1.96. The number of nitrogens with one attached hydrogen (secondary N) is 1. The number of aromatic nitrogens is 2. The molecule has 3 N–H and O–H groups in total. The van der Waals surface area contributed by atoms with Gasteiger partial charge < -0.3 is 10.6 Å². The van der Waals surface area contributed by atoms with Crippen molar-refractivity contribution in [3.8, 4) is 0 Å². The van der Waals surface area contributed by atoms with Crippen LogP contribution in [0.3, 0.4) is 0 Å². The normalized spacial score (nSPS) is 33.7. The highest BCUT2D eigenvalue weighted by molar-refractivity contribution is 6.07. The molecular weight excluding hydrogens is 444 g/mol. The van der Waals surface area contributed by atoms with E-state index in [0.29, 0.717) is 50.2 Å². The predicted molar refractivity (Wildman–Crippen MR) is 127 cm³/mol. The third-order valence-electron chi connectivity index (χ3n) is 9.66. The van der Waals surface area contributed by atoms with Crippen molar-refractivity contribution >= 4 is 23.4 Å². The topological polar surface area (TPSA) is 113 Å². The molecule has 9 heteroatoms. The van der Waals surface area contributed by atoms with Gasteiger partial charge in [-0.05, 0) is 81.3 Å². The molecule has 0 radical (unpaired) electrons. The van der Waals surface area contributed by atoms with Gasteiger partial charge in [-0.2, -0.15) is 0 Å². The highest BCUT2D eigenvalue weighted by Gasteiger charge is 2.64. The number of amides is 4. The average Bonchev–Trinajstić information content (AvgIpc) is 3.29. The highest BCUT2D eigenvalue weighted by atomic mass is 16.2. The van der Waals surface area contributed by atoms with Crippen LogP contribution in [-0.2, 0) is 11.3 Å². The van der Waals surface area contributed by atoms with E-state index in [2.05, 4.69) is 20.1 Å². The Morgan fingerprint density at radius 1 is 1.06 bits per heavy atom. The lowest BCUT2D eigenvalue weighted by Crippen LogP contribution is -2.68. The number of carbonyl (C=O) groups excluding carboxylic acids is 3. The Bertz CT molecular complexity index is 1210. The van der Waals surface area contributed by atoms with Crippen LogP contribution in [0.1, 0.15) is 67.7 Å². The molecule has 4 heterocycles. The van der Waals surface area contributed by atoms with E-state index in [1.165, 1.54) is 19.3 Å². The van der Waals surface area contributed by atoms with Gasteiger partial charge in [-0.3, -0.25) is 24.2 Å². The minimum atomic E-state index is -0.742. The van der Waals surface area contributed by atoms with Crippen LogP contribution in [-0.4, -0.2) is 61.2 Å². The Morgan fingerprint density at radius 3 is 2.34 bits per heavy atom. The van der Waals surface area contributed by atoms with Gasteiger partial charge in [0.1, 0.15) is 5.54 Å². The van der Waals surface area contributed by atoms with E-state index >= 15 is 0 Å². The molecule has 1 spiro atoms. The summed E-state index contributed by atoms with van der Waals surface area (Å²) in [6.07, 6.45) is 10.1. The zero-order chi connectivity index (χ0) is 23.9. The summed E-state index contributed by atoms with van der Waals surface area (Å²) in [5.41, 5.74) is 6.34. The fourth-order valence-corrected chi connectivity index (χ4v) is 8.71. The summed E-state index contributed by atoms with van der Waals surface area (Å²) in [5.74, 6) is 1.68. The number of rotatable bonds is 4. The van der Waals surface area contributed by atoms with Crippen LogP contribution < -0.4 is 11.1 Å². The zero-order valence-electron chi connectivity index (χ0n) is 19.9. The highest BCUT2D eigenvalue weighted by Crippen LogP contribution is 2.60. The monoisotopic (exact) mass is 476 g/mol. The van der Waals surface area contributed by atoms with Crippen molar-refractivity contribution in [1.29, 1.82) is 0 Å². The number of nitrogens with zero attached hydrogens (tertiary/aromatic N) is 4. The molecule has 2 aliphatic heterocycles. The molecule has 4 saturated carbocycles. The Balaban J connectivity index is 1.14. The molecule has 35 heavy (non-hydrogen) atoms. The first-order chi connectivity index (χ1) is 16.9. The number of imide groups is 1. The number of pyridine rings is 1. The quantitative estimate of drug-likeness (QED) is 0.658. The van der Waals surface area contributed by atoms with E-state index in [9.17, 15) is 14.4 Å². The molecule has 0 unspecified atom stereocenters. The van der Waals surface area contributed by atoms with Crippen molar-refractivity contribution in [1.82, 2.24) is 24.5 Å². The van der Waals surface area contributed by atoms with Gasteiger partial charge in [0.2, 0.25) is 5.82 Å². The zero-order valence-corrected chi connectivity index (χ0v) is 19.9. The lowest BCUT2D eigenvalue weighted by molar-refractivity contribution is -0.141. The number of fused-ring (bicyclic) bond motifs is 1. The minimum Gasteiger partial charge on any atom is -0.363 e. The van der Waals surface area contributed by atoms with Crippen LogP contribution >= 0.6 is 0 Å². The van der Waals surface area contributed by atoms with Crippen molar-refractivity contribution < 1.29 is 14.4 Å². The second-order valence-corrected chi connectivity index (χ2v) is 11.7. The molecule has 8 rings (SSSR count). The Hall–Kier alpha value is -2.94. The molecule has 2 aromatic heterocycles. The van der Waals surface area contributed by atoms with Gasteiger partial charge in [0.25, 0.3) is 11.8 Å². The van der Waals surface area contributed by atoms with Gasteiger partial charge >= 0.3 is 6.03 Å². The number of piperidine rings is 1. The molecule has 0 aromatic carbocycles. The van der Waals surface area contributed by atoms with Crippen LogP contribution in [0.5, 0.6) is 0 Å². The fourth-order valence-electron chi connectivity index (χ4n) is 8.71. The minimum absolute atomic E-state index is 0.110. The third kappa shape index (κ3) is 3.03. The van der Waals surface area contributed by atoms with E-state index in [4.69, 9.17) is 5.73 Å². The second-order valence-electron chi connectivity index (χ2n) is 11.7. The molecule has 9 nitrogen and oxygen atoms in total. The lowest BCUT2D eigenvalue weighted by atomic mass is 9.52. The van der Waals surface area contributed by atoms with E-state index < -0.39 is 11.4 Å². The molecule has 4 bridgehead atoms. The maximum atomic E-state index is 13.3. The smallest absolute Gasteiger partial charge is 0.325 e. The Labute approximate surface area is 204 Å². The fraction of sp³-hybridized carbons (Fsp3) is 0.615. The number of primary amides is 1. The maximum Gasteiger partial charge on any atom is 0.325 e. The molecule has 6 aliphatic rings. The van der Waals surface area contributed by atoms with Gasteiger partial charge in [-0.15, -0.1) is 0 Å². The Morgan fingerprint density at radius 2 is 1.71 bits per heavy atom. The van der Waals surface area contributed by atoms with Gasteiger partial charge in [0.05, 0.1) is 11.2 Å². The van der Waals surface area contributed by atoms with E-state index in [1.54, 1.807) is 10.6 Å². The SMILES string of the molecule is NC(=O)c1nc(CN2CCC3(CC2)C(=O)NC(=O)N3C23CC4CC(CC(C4)C2)C3)c2ccccn12. The Kier molecular flexibility index (Phi) is 4.45. The maximum absolute atomic E-state index is 13.3. The molecule has 4 amide bonds. The predicted octanol–water partition coefficient (Wildman–Crippen LogP) is 2.29. The van der Waals surface area contributed by atoms with Crippen molar-refractivity contribution in [2.75, 3.05) is 13.1 Å². The number of carbonyl (C=O) groups is 3. The van der Waals surface area contributed by atoms with Crippen LogP contribution in [0.4, 0.5) is 4.79 Å². The molecule has 6 fully saturated rings. The van der Waals surface area contributed by atoms with Crippen LogP contribution in [0.25, 0.3) is 5.52 Å². The summed E-state index contributed by atoms with van der Waals surface area (Å²) < 4.78 is 1.74. The van der Waals surface area contributed by atoms with Crippen molar-refractivity contribution in [3.05, 3.63) is 35.9 Å². The van der Waals surface area contributed by atoms with Gasteiger partial charge in [0, 0.05) is 31.4 Å². The number of hydrogen-bond donors (Lipinski definition) is 2. The van der Waals surface area contributed by atoms with E-state index in [-0.39, 0.29) is 23.3 Å². The summed E-state index contributed by atoms with van der Waals surface area (Å²) in [4.78, 5) is 47.4. The first kappa shape index (κ1) is 21.4. The van der Waals surface area contributed by atoms with Gasteiger partial charge in [-0.1, -0.05) is 6.07 Å². The standard InChI is InChI=1S/C26H32N6O3/c27-21(33)22-28-19(20-3-1-2-6-31(20)22)15-30-7-4-26(5-8-30)23(34)29-24(35)32(26)25-12-16-9-17(13-25)11-18(10-16)14-25/h1-3,6,16-18H,4-5,7-15H2,(H2,27,33)(H,29,34,35). The first-order valence-electron chi connectivity index (χ1n) is 13.0. The molecular formula is C26H32N6O3. The summed E-state index contributed by atoms with van der Waals surface area (Å²) in [5, 5.41) is 2.72. The van der Waals surface area contributed by atoms with Gasteiger partial charge in [0.15, 0.2) is 0 Å². The van der Waals surface area contributed by atoms with Crippen LogP contribution in [0, 0.1) is 17.8 Å². The summed E-state index contributed by atoms with van der Waals surface area (Å²) in [7, 11) is 0. The summed E-state index contributed by atoms with van der Waals surface area (Å²) >= 11 is 0. The first-order valence-corrected chi connectivity index (χ1v) is 13.0. The van der Waals surface area contributed by atoms with Gasteiger partial charge in [-0.25, -0.2) is 9.78 Å². The van der Waals surface area contributed by atoms with Crippen molar-refractivity contribution in [3.63, 3.8) is 0 Å². The number of urea groups is 1. The number of nitrogens with two attached hydrogens (primary N) is 1. The molecule has 2 saturated heterocycles. The average molecular weight is 477 g/mol. The molecule has 4 aliphatic carbocycles. The lowest BCUT2D eigenvalue weighted by Gasteiger charge is -2.62. The molecule has 184 valence electrons. The van der Waals surface area contributed by atoms with Crippen molar-refractivity contribution in [2.45, 2.75) is 69.0 Å². The van der Waals surface area contributed by atoms with Crippen LogP contribution in [0.2, 0.25) is 0 Å². The number of imidazole rings is 1. The van der Waals surface area contributed by atoms with E-state index in [0.717, 1.165) is 30.5 Å².